The van der Waals surface area contributed by atoms with Crippen LogP contribution in [0.15, 0.2) is 24.3 Å². The maximum Gasteiger partial charge on any atom is 0.330 e. The van der Waals surface area contributed by atoms with Gasteiger partial charge in [-0.05, 0) is 56.1 Å². The van der Waals surface area contributed by atoms with Gasteiger partial charge in [0.2, 0.25) is 17.7 Å². The quantitative estimate of drug-likeness (QED) is 0.0611. The van der Waals surface area contributed by atoms with Gasteiger partial charge in [-0.2, -0.15) is 0 Å². The summed E-state index contributed by atoms with van der Waals surface area (Å²) in [6.45, 7) is 9.13. The van der Waals surface area contributed by atoms with E-state index in [4.69, 9.17) is 28.2 Å². The van der Waals surface area contributed by atoms with Gasteiger partial charge in [-0.1, -0.05) is 45.0 Å². The van der Waals surface area contributed by atoms with E-state index in [1.54, 1.807) is 33.0 Å². The summed E-state index contributed by atoms with van der Waals surface area (Å²) in [5, 5.41) is 8.77. The molecule has 0 spiro atoms. The third kappa shape index (κ3) is 21.7. The van der Waals surface area contributed by atoms with Gasteiger partial charge in [-0.15, -0.1) is 0 Å². The number of carbonyl (C=O) groups is 4. The van der Waals surface area contributed by atoms with Gasteiger partial charge in [0.25, 0.3) is 0 Å². The van der Waals surface area contributed by atoms with Gasteiger partial charge in [0, 0.05) is 59.4 Å². The third-order valence-electron chi connectivity index (χ3n) is 9.46. The maximum atomic E-state index is 13.8. The molecule has 0 aliphatic heterocycles. The first kappa shape index (κ1) is 50.4. The highest BCUT2D eigenvalue weighted by Gasteiger charge is 2.33. The lowest BCUT2D eigenvalue weighted by Crippen LogP contribution is -2.53. The molecule has 1 aliphatic rings. The summed E-state index contributed by atoms with van der Waals surface area (Å²) in [7, 11) is -0.504. The Morgan fingerprint density at radius 2 is 1.39 bits per heavy atom. The largest absolute Gasteiger partial charge is 0.382 e. The molecule has 17 heteroatoms. The molecule has 2 atom stereocenters. The predicted octanol–water partition coefficient (Wildman–Crippen LogP) is 3.02. The standard InChI is InChI=1S/C40H69N4O12P/c1-6-19-53-22-18-42-40(48)37(44(29-35(45)8-7-20-54-25-23-51-4)30-38(46)41-17-21-55-26-24-52-5)27-32-9-11-33(12-10-32)28-43-39(47)34-13-15-36(16-14-34)56-57(49,50)31(2)3/h9-12,31,34,36-37H,6-8,13-30H2,1-5H3,(H,41,46)(H,42,48)(H,43,47)(H,49,50)/t34?,36?,37-/m0/s1. The molecule has 4 N–H and O–H groups in total. The summed E-state index contributed by atoms with van der Waals surface area (Å²) in [5.74, 6) is -1.08. The highest BCUT2D eigenvalue weighted by molar-refractivity contribution is 7.53. The van der Waals surface area contributed by atoms with Crippen LogP contribution in [-0.4, -0.2) is 144 Å². The second-order valence-corrected chi connectivity index (χ2v) is 16.9. The van der Waals surface area contributed by atoms with Crippen LogP contribution in [0, 0.1) is 5.92 Å². The monoisotopic (exact) mass is 828 g/mol. The molecule has 326 valence electrons. The molecule has 1 saturated carbocycles. The number of ketones is 1. The lowest BCUT2D eigenvalue weighted by Gasteiger charge is -2.30. The summed E-state index contributed by atoms with van der Waals surface area (Å²) >= 11 is 0. The molecule has 1 fully saturated rings. The number of Topliss-reactive ketones (excluding diaryl/α,β-unsaturated/α-hetero) is 1. The van der Waals surface area contributed by atoms with Crippen molar-refractivity contribution in [2.75, 3.05) is 93.3 Å². The fourth-order valence-corrected chi connectivity index (χ4v) is 6.94. The number of rotatable bonds is 32. The molecule has 0 saturated heterocycles. The van der Waals surface area contributed by atoms with E-state index in [1.807, 2.05) is 31.2 Å². The number of carbonyl (C=O) groups excluding carboxylic acids is 4. The third-order valence-corrected chi connectivity index (χ3v) is 11.4. The van der Waals surface area contributed by atoms with Gasteiger partial charge in [0.15, 0.2) is 0 Å². The van der Waals surface area contributed by atoms with Crippen LogP contribution < -0.4 is 16.0 Å². The molecule has 0 aromatic heterocycles. The Bertz CT molecular complexity index is 1310. The fraction of sp³-hybridized carbons (Fsp3) is 0.750. The average molecular weight is 829 g/mol. The van der Waals surface area contributed by atoms with Crippen LogP contribution in [0.3, 0.4) is 0 Å². The Morgan fingerprint density at radius 3 is 2.00 bits per heavy atom. The first-order chi connectivity index (χ1) is 27.4. The Morgan fingerprint density at radius 1 is 0.789 bits per heavy atom. The van der Waals surface area contributed by atoms with Crippen molar-refractivity contribution in [2.45, 2.75) is 96.5 Å². The van der Waals surface area contributed by atoms with Crippen molar-refractivity contribution in [2.24, 2.45) is 5.92 Å². The summed E-state index contributed by atoms with van der Waals surface area (Å²) in [6, 6.07) is 6.67. The van der Waals surface area contributed by atoms with Crippen molar-refractivity contribution < 1.29 is 56.8 Å². The molecule has 16 nitrogen and oxygen atoms in total. The van der Waals surface area contributed by atoms with E-state index in [2.05, 4.69) is 16.0 Å². The van der Waals surface area contributed by atoms with Gasteiger partial charge in [-0.25, -0.2) is 0 Å². The van der Waals surface area contributed by atoms with E-state index in [9.17, 15) is 28.6 Å². The van der Waals surface area contributed by atoms with Gasteiger partial charge >= 0.3 is 7.60 Å². The topological polar surface area (TPSA) is 200 Å². The lowest BCUT2D eigenvalue weighted by molar-refractivity contribution is -0.131. The van der Waals surface area contributed by atoms with Crippen LogP contribution >= 0.6 is 7.60 Å². The van der Waals surface area contributed by atoms with Crippen LogP contribution in [0.25, 0.3) is 0 Å². The Kier molecular flexibility index (Phi) is 26.0. The number of methoxy groups -OCH3 is 2. The van der Waals surface area contributed by atoms with E-state index in [-0.39, 0.29) is 81.2 Å². The maximum absolute atomic E-state index is 13.8. The number of ether oxygens (including phenoxy) is 5. The summed E-state index contributed by atoms with van der Waals surface area (Å²) in [4.78, 5) is 65.0. The van der Waals surface area contributed by atoms with Crippen molar-refractivity contribution >= 4 is 31.1 Å². The molecule has 0 radical (unpaired) electrons. The molecule has 0 heterocycles. The second-order valence-electron chi connectivity index (χ2n) is 14.5. The van der Waals surface area contributed by atoms with Crippen LogP contribution in [0.2, 0.25) is 0 Å². The second kappa shape index (κ2) is 29.4. The molecule has 2 rings (SSSR count). The van der Waals surface area contributed by atoms with Gasteiger partial charge in [0.1, 0.15) is 5.78 Å². The smallest absolute Gasteiger partial charge is 0.330 e. The molecule has 1 aromatic carbocycles. The zero-order chi connectivity index (χ0) is 41.9. The molecule has 1 aliphatic carbocycles. The number of hydrogen-bond donors (Lipinski definition) is 4. The Labute approximate surface area is 339 Å². The minimum Gasteiger partial charge on any atom is -0.382 e. The summed E-state index contributed by atoms with van der Waals surface area (Å²) in [6.07, 6.45) is 3.68. The van der Waals surface area contributed by atoms with Crippen molar-refractivity contribution in [1.82, 2.24) is 20.9 Å². The van der Waals surface area contributed by atoms with E-state index >= 15 is 0 Å². The lowest BCUT2D eigenvalue weighted by atomic mass is 9.87. The molecular formula is C40H69N4O12P. The van der Waals surface area contributed by atoms with E-state index in [0.29, 0.717) is 84.9 Å². The first-order valence-corrected chi connectivity index (χ1v) is 21.9. The molecule has 1 unspecified atom stereocenters. The van der Waals surface area contributed by atoms with E-state index in [0.717, 1.165) is 17.5 Å². The van der Waals surface area contributed by atoms with Crippen LogP contribution in [0.4, 0.5) is 0 Å². The summed E-state index contributed by atoms with van der Waals surface area (Å²) in [5.41, 5.74) is 1.19. The Hall–Kier alpha value is -2.79. The minimum atomic E-state index is -3.67. The van der Waals surface area contributed by atoms with Crippen LogP contribution in [-0.2, 0) is 64.9 Å². The van der Waals surface area contributed by atoms with E-state index < -0.39 is 19.3 Å². The minimum absolute atomic E-state index is 0.0742. The van der Waals surface area contributed by atoms with Crippen molar-refractivity contribution in [3.8, 4) is 0 Å². The molecule has 3 amide bonds. The van der Waals surface area contributed by atoms with E-state index in [1.165, 1.54) is 0 Å². The normalized spacial score (nSPS) is 17.3. The zero-order valence-electron chi connectivity index (χ0n) is 34.8. The highest BCUT2D eigenvalue weighted by Crippen LogP contribution is 2.50. The fourth-order valence-electron chi connectivity index (χ4n) is 6.06. The number of nitrogens with zero attached hydrogens (tertiary/aromatic N) is 1. The zero-order valence-corrected chi connectivity index (χ0v) is 35.7. The van der Waals surface area contributed by atoms with Gasteiger partial charge in [0.05, 0.1) is 70.5 Å². The summed E-state index contributed by atoms with van der Waals surface area (Å²) < 4.78 is 44.3. The SMILES string of the molecule is CCCOCCNC(=O)[C@H](Cc1ccc(CNC(=O)C2CCC(OP(=O)(O)C(C)C)CC2)cc1)N(CC(=O)CCCOCCOC)CC(=O)NCCOCCOC. The average Bonchev–Trinajstić information content (AvgIpc) is 3.18. The molecule has 1 aromatic rings. The Balaban J connectivity index is 2.12. The van der Waals surface area contributed by atoms with Crippen LogP contribution in [0.5, 0.6) is 0 Å². The number of nitrogens with one attached hydrogen (secondary N) is 3. The number of benzene rings is 1. The highest BCUT2D eigenvalue weighted by atomic mass is 31.2. The van der Waals surface area contributed by atoms with Crippen molar-refractivity contribution in [3.63, 3.8) is 0 Å². The van der Waals surface area contributed by atoms with Crippen LogP contribution in [0.1, 0.15) is 76.8 Å². The molecular weight excluding hydrogens is 759 g/mol. The molecule has 57 heavy (non-hydrogen) atoms. The van der Waals surface area contributed by atoms with Gasteiger partial charge in [-0.3, -0.25) is 28.6 Å². The number of hydrogen-bond acceptors (Lipinski definition) is 12. The van der Waals surface area contributed by atoms with Gasteiger partial charge < -0.3 is 49.1 Å². The van der Waals surface area contributed by atoms with Crippen molar-refractivity contribution in [1.29, 1.82) is 0 Å². The first-order valence-electron chi connectivity index (χ1n) is 20.3. The van der Waals surface area contributed by atoms with Crippen molar-refractivity contribution in [3.05, 3.63) is 35.4 Å². The predicted molar refractivity (Wildman–Crippen MR) is 216 cm³/mol. The molecule has 0 bridgehead atoms. The number of amides is 3.